The summed E-state index contributed by atoms with van der Waals surface area (Å²) in [7, 11) is 0. The highest BCUT2D eigenvalue weighted by Crippen LogP contribution is 2.36. The van der Waals surface area contributed by atoms with E-state index in [1.807, 2.05) is 18.7 Å². The van der Waals surface area contributed by atoms with E-state index in [1.165, 1.54) is 5.56 Å². The third-order valence-electron chi connectivity index (χ3n) is 5.55. The van der Waals surface area contributed by atoms with Gasteiger partial charge < -0.3 is 24.8 Å². The minimum Gasteiger partial charge on any atom is -0.494 e. The van der Waals surface area contributed by atoms with Crippen molar-refractivity contribution in [3.63, 3.8) is 0 Å². The first kappa shape index (κ1) is 25.4. The summed E-state index contributed by atoms with van der Waals surface area (Å²) in [6.07, 6.45) is 5.48. The van der Waals surface area contributed by atoms with Gasteiger partial charge in [-0.25, -0.2) is 4.99 Å². The molecule has 6 nitrogen and oxygen atoms in total. The highest BCUT2D eigenvalue weighted by molar-refractivity contribution is 14.0. The van der Waals surface area contributed by atoms with E-state index in [-0.39, 0.29) is 34.8 Å². The Bertz CT molecular complexity index is 711. The largest absolute Gasteiger partial charge is 0.494 e. The lowest BCUT2D eigenvalue weighted by atomic mass is 9.99. The molecule has 1 aromatic rings. The van der Waals surface area contributed by atoms with E-state index in [2.05, 4.69) is 42.9 Å². The van der Waals surface area contributed by atoms with Crippen LogP contribution in [0, 0.1) is 0 Å². The maximum atomic E-state index is 5.94. The fraction of sp³-hybridized carbons (Fsp3) is 0.682. The molecule has 0 radical (unpaired) electrons. The van der Waals surface area contributed by atoms with Gasteiger partial charge in [0.2, 0.25) is 0 Å². The number of nitrogens with one attached hydrogen (secondary N) is 2. The molecule has 1 atom stereocenters. The lowest BCUT2D eigenvalue weighted by molar-refractivity contribution is 0.0783. The van der Waals surface area contributed by atoms with Crippen LogP contribution in [0.2, 0.25) is 0 Å². The number of thioether (sulfide) groups is 1. The summed E-state index contributed by atoms with van der Waals surface area (Å²) in [5, 5.41) is 6.92. The highest BCUT2D eigenvalue weighted by atomic mass is 127. The zero-order valence-corrected chi connectivity index (χ0v) is 21.7. The van der Waals surface area contributed by atoms with Crippen LogP contribution in [-0.2, 0) is 17.7 Å². The van der Waals surface area contributed by atoms with Crippen LogP contribution in [0.4, 0.5) is 0 Å². The Hall–Kier alpha value is -0.870. The van der Waals surface area contributed by atoms with Gasteiger partial charge in [-0.15, -0.1) is 24.0 Å². The van der Waals surface area contributed by atoms with Crippen LogP contribution in [0.25, 0.3) is 0 Å². The molecule has 2 heterocycles. The third kappa shape index (κ3) is 6.56. The van der Waals surface area contributed by atoms with E-state index in [1.54, 1.807) is 0 Å². The molecule has 0 amide bonds. The summed E-state index contributed by atoms with van der Waals surface area (Å²) in [5.41, 5.74) is 2.28. The van der Waals surface area contributed by atoms with Crippen molar-refractivity contribution < 1.29 is 14.2 Å². The maximum Gasteiger partial charge on any atom is 0.191 e. The van der Waals surface area contributed by atoms with Crippen molar-refractivity contribution in [2.45, 2.75) is 57.4 Å². The molecule has 0 aliphatic carbocycles. The fourth-order valence-electron chi connectivity index (χ4n) is 3.84. The maximum absolute atomic E-state index is 5.94. The van der Waals surface area contributed by atoms with Gasteiger partial charge in [0.15, 0.2) is 5.96 Å². The van der Waals surface area contributed by atoms with Crippen molar-refractivity contribution in [1.29, 1.82) is 0 Å². The van der Waals surface area contributed by atoms with Crippen LogP contribution in [0.3, 0.4) is 0 Å². The molecule has 3 rings (SSSR count). The molecule has 2 N–H and O–H groups in total. The summed E-state index contributed by atoms with van der Waals surface area (Å²) in [6.45, 7) is 10.8. The van der Waals surface area contributed by atoms with Gasteiger partial charge in [0, 0.05) is 48.6 Å². The Morgan fingerprint density at radius 2 is 2.03 bits per heavy atom. The molecular weight excluding hydrogens is 513 g/mol. The number of benzene rings is 1. The van der Waals surface area contributed by atoms with Gasteiger partial charge in [-0.2, -0.15) is 11.8 Å². The second-order valence-corrected chi connectivity index (χ2v) is 8.96. The zero-order valence-electron chi connectivity index (χ0n) is 18.6. The number of rotatable bonds is 8. The van der Waals surface area contributed by atoms with Crippen molar-refractivity contribution in [1.82, 2.24) is 10.6 Å². The number of fused-ring (bicyclic) bond motifs is 1. The summed E-state index contributed by atoms with van der Waals surface area (Å²) in [4.78, 5) is 4.84. The number of ether oxygens (including phenoxy) is 3. The Labute approximate surface area is 202 Å². The predicted molar refractivity (Wildman–Crippen MR) is 136 cm³/mol. The van der Waals surface area contributed by atoms with E-state index < -0.39 is 0 Å². The van der Waals surface area contributed by atoms with E-state index in [9.17, 15) is 0 Å². The van der Waals surface area contributed by atoms with Crippen LogP contribution >= 0.6 is 35.7 Å². The van der Waals surface area contributed by atoms with Gasteiger partial charge in [-0.05, 0) is 52.0 Å². The quantitative estimate of drug-likeness (QED) is 0.291. The first-order valence-electron chi connectivity index (χ1n) is 10.7. The number of hydrogen-bond acceptors (Lipinski definition) is 5. The van der Waals surface area contributed by atoms with Crippen molar-refractivity contribution in [3.8, 4) is 11.5 Å². The average Bonchev–Trinajstić information content (AvgIpc) is 3.09. The standard InChI is InChI=1S/C22H35N3O3S.HI/c1-5-23-21(25-15-22(29-4)7-9-26-10-8-22)24-14-18-13-20-17(11-16(3)28-20)12-19(18)27-6-2;/h12-13,16H,5-11,14-15H2,1-4H3,(H2,23,24,25);1H. The molecule has 1 fully saturated rings. The first-order chi connectivity index (χ1) is 14.1. The SMILES string of the molecule is CCNC(=NCc1cc2c(cc1OCC)CC(C)O2)NCC1(SC)CCOCC1.I. The fourth-order valence-corrected chi connectivity index (χ4v) is 4.63. The van der Waals surface area contributed by atoms with Gasteiger partial charge in [0.05, 0.1) is 13.2 Å². The number of hydrogen-bond donors (Lipinski definition) is 2. The molecule has 0 saturated carbocycles. The summed E-state index contributed by atoms with van der Waals surface area (Å²) in [6, 6.07) is 4.22. The second kappa shape index (κ2) is 12.2. The molecular formula is C22H36IN3O3S. The minimum atomic E-state index is 0. The number of aliphatic imine (C=N–C) groups is 1. The molecule has 1 unspecified atom stereocenters. The lowest BCUT2D eigenvalue weighted by Gasteiger charge is -2.36. The number of nitrogens with zero attached hydrogens (tertiary/aromatic N) is 1. The number of halogens is 1. The normalized spacial score (nSPS) is 20.0. The lowest BCUT2D eigenvalue weighted by Crippen LogP contribution is -2.47. The van der Waals surface area contributed by atoms with Crippen LogP contribution in [-0.4, -0.2) is 56.0 Å². The van der Waals surface area contributed by atoms with Crippen LogP contribution in [0.5, 0.6) is 11.5 Å². The molecule has 30 heavy (non-hydrogen) atoms. The van der Waals surface area contributed by atoms with Gasteiger partial charge in [-0.3, -0.25) is 0 Å². The van der Waals surface area contributed by atoms with Crippen LogP contribution < -0.4 is 20.1 Å². The Morgan fingerprint density at radius 1 is 1.27 bits per heavy atom. The van der Waals surface area contributed by atoms with Crippen molar-refractivity contribution in [2.24, 2.45) is 4.99 Å². The molecule has 8 heteroatoms. The van der Waals surface area contributed by atoms with Crippen LogP contribution in [0.15, 0.2) is 17.1 Å². The first-order valence-corrected chi connectivity index (χ1v) is 11.9. The summed E-state index contributed by atoms with van der Waals surface area (Å²) >= 11 is 1.93. The second-order valence-electron chi connectivity index (χ2n) is 7.68. The van der Waals surface area contributed by atoms with Gasteiger partial charge in [0.1, 0.15) is 17.6 Å². The Kier molecular flexibility index (Phi) is 10.4. The number of guanidine groups is 1. The Balaban J connectivity index is 0.00000320. The van der Waals surface area contributed by atoms with Crippen molar-refractivity contribution >= 4 is 41.7 Å². The van der Waals surface area contributed by atoms with E-state index in [0.29, 0.717) is 13.2 Å². The summed E-state index contributed by atoms with van der Waals surface area (Å²) < 4.78 is 17.6. The smallest absolute Gasteiger partial charge is 0.191 e. The molecule has 0 spiro atoms. The minimum absolute atomic E-state index is 0. The van der Waals surface area contributed by atoms with Crippen molar-refractivity contribution in [2.75, 3.05) is 39.2 Å². The molecule has 1 saturated heterocycles. The van der Waals surface area contributed by atoms with Gasteiger partial charge >= 0.3 is 0 Å². The average molecular weight is 550 g/mol. The topological polar surface area (TPSA) is 64.1 Å². The predicted octanol–water partition coefficient (Wildman–Crippen LogP) is 3.99. The zero-order chi connectivity index (χ0) is 20.7. The van der Waals surface area contributed by atoms with E-state index in [4.69, 9.17) is 19.2 Å². The van der Waals surface area contributed by atoms with E-state index >= 15 is 0 Å². The third-order valence-corrected chi connectivity index (χ3v) is 6.96. The summed E-state index contributed by atoms with van der Waals surface area (Å²) in [5.74, 6) is 2.71. The van der Waals surface area contributed by atoms with Gasteiger partial charge in [-0.1, -0.05) is 0 Å². The molecule has 2 aliphatic heterocycles. The van der Waals surface area contributed by atoms with E-state index in [0.717, 1.165) is 68.6 Å². The molecule has 170 valence electrons. The monoisotopic (exact) mass is 549 g/mol. The van der Waals surface area contributed by atoms with Crippen LogP contribution in [0.1, 0.15) is 44.7 Å². The Morgan fingerprint density at radius 3 is 2.70 bits per heavy atom. The van der Waals surface area contributed by atoms with Crippen molar-refractivity contribution in [3.05, 3.63) is 23.3 Å². The molecule has 1 aromatic carbocycles. The molecule has 2 aliphatic rings. The molecule has 0 aromatic heterocycles. The molecule has 0 bridgehead atoms. The highest BCUT2D eigenvalue weighted by Gasteiger charge is 2.31. The van der Waals surface area contributed by atoms with Gasteiger partial charge in [0.25, 0.3) is 0 Å².